The lowest BCUT2D eigenvalue weighted by Gasteiger charge is -2.48. The number of amides is 1. The molecular weight excluding hydrogens is 608 g/mol. The number of ketones is 2. The molecule has 0 radical (unpaired) electrons. The number of hydrogen-bond donors (Lipinski definition) is 2. The van der Waals surface area contributed by atoms with Gasteiger partial charge < -0.3 is 39.0 Å². The van der Waals surface area contributed by atoms with Crippen LogP contribution in [0.3, 0.4) is 0 Å². The average molecular weight is 669 g/mol. The Morgan fingerprint density at radius 2 is 1.64 bits per heavy atom. The Labute approximate surface area is 280 Å². The molecule has 3 heterocycles. The van der Waals surface area contributed by atoms with Crippen LogP contribution in [0.5, 0.6) is 0 Å². The summed E-state index contributed by atoms with van der Waals surface area (Å²) in [6, 6.07) is -1.06. The Hall–Kier alpha value is -2.12. The zero-order valence-electron chi connectivity index (χ0n) is 30.7. The molecule has 270 valence electrons. The molecule has 0 aromatic carbocycles. The molecule has 12 nitrogen and oxygen atoms in total. The van der Waals surface area contributed by atoms with E-state index in [1.807, 2.05) is 14.0 Å². The number of alkyl carbamates (subject to hydrolysis) is 1. The fourth-order valence-electron chi connectivity index (χ4n) is 7.97. The molecule has 3 fully saturated rings. The third kappa shape index (κ3) is 8.37. The quantitative estimate of drug-likeness (QED) is 0.314. The van der Waals surface area contributed by atoms with Gasteiger partial charge in [-0.1, -0.05) is 48.5 Å². The maximum absolute atomic E-state index is 14.1. The summed E-state index contributed by atoms with van der Waals surface area (Å²) in [6.07, 6.45) is -4.04. The van der Waals surface area contributed by atoms with Crippen LogP contribution in [0.2, 0.25) is 0 Å². The van der Waals surface area contributed by atoms with Crippen molar-refractivity contribution in [1.29, 1.82) is 0 Å². The lowest BCUT2D eigenvalue weighted by Crippen LogP contribution is -2.60. The largest absolute Gasteiger partial charge is 0.458 e. The van der Waals surface area contributed by atoms with Gasteiger partial charge in [0.1, 0.15) is 23.9 Å². The van der Waals surface area contributed by atoms with Gasteiger partial charge in [0.05, 0.1) is 23.9 Å². The van der Waals surface area contributed by atoms with E-state index in [2.05, 4.69) is 31.0 Å². The fourth-order valence-corrected chi connectivity index (χ4v) is 7.97. The number of carbonyl (C=O) groups excluding carboxylic acids is 4. The van der Waals surface area contributed by atoms with Gasteiger partial charge in [-0.25, -0.2) is 4.79 Å². The van der Waals surface area contributed by atoms with Gasteiger partial charge in [0.25, 0.3) is 0 Å². The summed E-state index contributed by atoms with van der Waals surface area (Å²) in [6.45, 7) is 20.9. The highest BCUT2D eigenvalue weighted by atomic mass is 16.7. The average Bonchev–Trinajstić information content (AvgIpc) is 3.30. The minimum atomic E-state index is -1.34. The summed E-state index contributed by atoms with van der Waals surface area (Å²) in [4.78, 5) is 56.4. The van der Waals surface area contributed by atoms with Gasteiger partial charge in [0.15, 0.2) is 17.7 Å². The summed E-state index contributed by atoms with van der Waals surface area (Å²) in [5, 5.41) is 14.4. The van der Waals surface area contributed by atoms with Crippen molar-refractivity contribution in [2.75, 3.05) is 20.7 Å². The van der Waals surface area contributed by atoms with Crippen molar-refractivity contribution in [3.8, 4) is 0 Å². The number of nitrogens with zero attached hydrogens (tertiary/aromatic N) is 1. The van der Waals surface area contributed by atoms with Gasteiger partial charge in [0.2, 0.25) is 0 Å². The fraction of sp³-hybridized carbons (Fsp3) is 0.886. The van der Waals surface area contributed by atoms with E-state index in [-0.39, 0.29) is 36.2 Å². The summed E-state index contributed by atoms with van der Waals surface area (Å²) in [5.41, 5.74) is -2.59. The third-order valence-corrected chi connectivity index (χ3v) is 10.6. The molecule has 3 aliphatic rings. The van der Waals surface area contributed by atoms with Crippen molar-refractivity contribution in [3.05, 3.63) is 0 Å². The Kier molecular flexibility index (Phi) is 12.4. The number of likely N-dealkylation sites (N-methyl/N-ethyl adjacent to an activating group) is 1. The number of ether oxygens (including phenoxy) is 5. The van der Waals surface area contributed by atoms with E-state index >= 15 is 0 Å². The molecule has 47 heavy (non-hydrogen) atoms. The molecule has 12 heteroatoms. The number of hydrogen-bond acceptors (Lipinski definition) is 11. The van der Waals surface area contributed by atoms with Crippen molar-refractivity contribution in [2.45, 2.75) is 149 Å². The van der Waals surface area contributed by atoms with Crippen LogP contribution >= 0.6 is 0 Å². The van der Waals surface area contributed by atoms with Crippen LogP contribution in [0.25, 0.3) is 0 Å². The molecule has 0 bridgehead atoms. The highest BCUT2D eigenvalue weighted by molar-refractivity contribution is 6.00. The van der Waals surface area contributed by atoms with E-state index < -0.39 is 83.4 Å². The number of carbonyl (C=O) groups is 4. The minimum absolute atomic E-state index is 0.0146. The Balaban J connectivity index is 2.06. The molecule has 0 aliphatic carbocycles. The second-order valence-electron chi connectivity index (χ2n) is 15.9. The molecule has 3 rings (SSSR count). The van der Waals surface area contributed by atoms with Gasteiger partial charge in [-0.2, -0.15) is 0 Å². The molecule has 1 amide bonds. The number of methoxy groups -OCH3 is 1. The molecule has 13 atom stereocenters. The highest BCUT2D eigenvalue weighted by Gasteiger charge is 2.57. The molecule has 0 unspecified atom stereocenters. The van der Waals surface area contributed by atoms with Gasteiger partial charge in [-0.3, -0.25) is 14.4 Å². The van der Waals surface area contributed by atoms with Gasteiger partial charge >= 0.3 is 12.1 Å². The smallest absolute Gasteiger partial charge is 0.408 e. The Bertz CT molecular complexity index is 1160. The van der Waals surface area contributed by atoms with E-state index in [0.29, 0.717) is 6.42 Å². The topological polar surface area (TPSA) is 150 Å². The third-order valence-electron chi connectivity index (χ3n) is 10.6. The monoisotopic (exact) mass is 668 g/mol. The van der Waals surface area contributed by atoms with Crippen molar-refractivity contribution in [3.63, 3.8) is 0 Å². The second kappa shape index (κ2) is 14.8. The summed E-state index contributed by atoms with van der Waals surface area (Å²) in [7, 11) is 3.46. The first kappa shape index (κ1) is 39.3. The van der Waals surface area contributed by atoms with Crippen LogP contribution in [-0.4, -0.2) is 108 Å². The van der Waals surface area contributed by atoms with Crippen LogP contribution in [0.4, 0.5) is 4.79 Å². The first-order valence-corrected chi connectivity index (χ1v) is 17.1. The lowest BCUT2D eigenvalue weighted by molar-refractivity contribution is -0.296. The standard InChI is InChI=1S/C35H60N2O10/c1-14-24-35(11)28(36-32(42)47-35)20(4)25(38)18(2)16-34(10,43-13)29(21(5)26(39)22(6)30(41)45-24)46-31-27(40)23(15-19(3)44-31)37(12)17-33(7,8)9/h18-24,27-29,31,40H,14-17H2,1-13H3,(H,36,42)/t18-,19-,20+,21+,22-,23+,24-,27-,28-,29-,31+,34-,35-/m1/s1. The molecular formula is C35H60N2O10. The molecule has 3 saturated heterocycles. The number of nitrogens with one attached hydrogen (secondary N) is 1. The zero-order chi connectivity index (χ0) is 35.8. The Morgan fingerprint density at radius 1 is 1.02 bits per heavy atom. The predicted octanol–water partition coefficient (Wildman–Crippen LogP) is 3.89. The van der Waals surface area contributed by atoms with Crippen molar-refractivity contribution in [2.24, 2.45) is 29.1 Å². The molecule has 0 aromatic heterocycles. The first-order valence-electron chi connectivity index (χ1n) is 17.1. The number of Topliss-reactive ketones (excluding diaryl/α,β-unsaturated/α-hetero) is 2. The van der Waals surface area contributed by atoms with Crippen LogP contribution in [-0.2, 0) is 38.1 Å². The van der Waals surface area contributed by atoms with E-state index in [1.54, 1.807) is 41.5 Å². The number of esters is 1. The van der Waals surface area contributed by atoms with Gasteiger partial charge in [-0.05, 0) is 59.4 Å². The van der Waals surface area contributed by atoms with Crippen molar-refractivity contribution >= 4 is 23.6 Å². The predicted molar refractivity (Wildman–Crippen MR) is 174 cm³/mol. The summed E-state index contributed by atoms with van der Waals surface area (Å²) < 4.78 is 30.5. The van der Waals surface area contributed by atoms with Gasteiger partial charge in [-0.15, -0.1) is 0 Å². The number of rotatable bonds is 6. The van der Waals surface area contributed by atoms with Crippen LogP contribution < -0.4 is 5.32 Å². The number of fused-ring (bicyclic) bond motifs is 1. The SMILES string of the molecule is CC[C@H]1OC(=O)[C@H](C)C(=O)[C@H](C)[C@@H](O[C@@H]2O[C@H](C)C[C@H](N(C)CC(C)(C)C)[C@H]2O)[C@](C)(OC)C[C@@H](C)C(=O)[C@H](C)[C@H]2NC(=O)O[C@@]21C. The number of aliphatic hydroxyl groups is 1. The van der Waals surface area contributed by atoms with Crippen LogP contribution in [0.15, 0.2) is 0 Å². The lowest BCUT2D eigenvalue weighted by atomic mass is 9.73. The Morgan fingerprint density at radius 3 is 2.19 bits per heavy atom. The van der Waals surface area contributed by atoms with Crippen LogP contribution in [0, 0.1) is 29.1 Å². The van der Waals surface area contributed by atoms with Gasteiger partial charge in [0, 0.05) is 37.5 Å². The van der Waals surface area contributed by atoms with Crippen LogP contribution in [0.1, 0.15) is 95.4 Å². The van der Waals surface area contributed by atoms with E-state index in [4.69, 9.17) is 23.7 Å². The molecule has 0 aromatic rings. The summed E-state index contributed by atoms with van der Waals surface area (Å²) >= 11 is 0. The van der Waals surface area contributed by atoms with Crippen molar-refractivity contribution < 1.29 is 48.0 Å². The van der Waals surface area contributed by atoms with E-state index in [9.17, 15) is 24.3 Å². The van der Waals surface area contributed by atoms with Crippen molar-refractivity contribution in [1.82, 2.24) is 10.2 Å². The minimum Gasteiger partial charge on any atom is -0.458 e. The number of cyclic esters (lactones) is 1. The zero-order valence-corrected chi connectivity index (χ0v) is 30.7. The highest BCUT2D eigenvalue weighted by Crippen LogP contribution is 2.40. The maximum atomic E-state index is 14.1. The maximum Gasteiger partial charge on any atom is 0.408 e. The first-order chi connectivity index (χ1) is 21.6. The number of aliphatic hydroxyl groups excluding tert-OH is 1. The summed E-state index contributed by atoms with van der Waals surface area (Å²) in [5.74, 6) is -4.83. The van der Waals surface area contributed by atoms with E-state index in [1.165, 1.54) is 14.0 Å². The molecule has 0 saturated carbocycles. The molecule has 3 aliphatic heterocycles. The van der Waals surface area contributed by atoms with E-state index in [0.717, 1.165) is 6.54 Å². The second-order valence-corrected chi connectivity index (χ2v) is 15.9. The molecule has 2 N–H and O–H groups in total. The normalized spacial score (nSPS) is 42.7. The molecule has 0 spiro atoms.